The van der Waals surface area contributed by atoms with E-state index in [1.54, 1.807) is 31.4 Å². The van der Waals surface area contributed by atoms with Crippen LogP contribution in [-0.2, 0) is 22.5 Å². The van der Waals surface area contributed by atoms with Gasteiger partial charge in [0.15, 0.2) is 12.3 Å². The minimum Gasteiger partial charge on any atom is -0.497 e. The third kappa shape index (κ3) is 6.66. The smallest absolute Gasteiger partial charge is 0.359 e. The van der Waals surface area contributed by atoms with Gasteiger partial charge in [-0.1, -0.05) is 56.5 Å². The first-order valence-corrected chi connectivity index (χ1v) is 11.6. The van der Waals surface area contributed by atoms with Crippen molar-refractivity contribution in [1.29, 1.82) is 0 Å². The number of rotatable bonds is 12. The van der Waals surface area contributed by atoms with Gasteiger partial charge in [-0.15, -0.1) is 0 Å². The maximum absolute atomic E-state index is 12.8. The lowest BCUT2D eigenvalue weighted by molar-refractivity contribution is -0.124. The van der Waals surface area contributed by atoms with E-state index in [1.165, 1.54) is 4.68 Å². The molecule has 3 rings (SSSR count). The highest BCUT2D eigenvalue weighted by Gasteiger charge is 2.19. The van der Waals surface area contributed by atoms with Crippen molar-refractivity contribution in [3.8, 4) is 5.75 Å². The number of carbonyl (C=O) groups is 2. The number of hydrogen-bond donors (Lipinski definition) is 1. The van der Waals surface area contributed by atoms with Crippen LogP contribution in [0.15, 0.2) is 53.3 Å². The number of aromatic nitrogens is 2. The summed E-state index contributed by atoms with van der Waals surface area (Å²) >= 11 is 0. The van der Waals surface area contributed by atoms with Crippen LogP contribution >= 0.6 is 0 Å². The predicted molar refractivity (Wildman–Crippen MR) is 130 cm³/mol. The van der Waals surface area contributed by atoms with Gasteiger partial charge in [-0.2, -0.15) is 5.10 Å². The van der Waals surface area contributed by atoms with Crippen molar-refractivity contribution in [2.45, 2.75) is 45.6 Å². The first-order chi connectivity index (χ1) is 16.5. The molecule has 0 atom stereocenters. The quantitative estimate of drug-likeness (QED) is 0.325. The Kier molecular flexibility index (Phi) is 9.20. The van der Waals surface area contributed by atoms with E-state index in [9.17, 15) is 14.4 Å². The summed E-state index contributed by atoms with van der Waals surface area (Å²) in [5.41, 5.74) is 0.853. The standard InChI is InChI=1S/C26H31N3O5/c1-3-4-5-8-17-29-25(31)22-10-7-6-9-21(22)24(28-29)26(32)34-18-23(30)27-16-15-19-11-13-20(33-2)14-12-19/h6-7,9-14H,3-5,8,15-18H2,1-2H3,(H,27,30). The molecule has 8 heteroatoms. The molecular weight excluding hydrogens is 434 g/mol. The predicted octanol–water partition coefficient (Wildman–Crippen LogP) is 3.50. The molecule has 0 aliphatic rings. The highest BCUT2D eigenvalue weighted by molar-refractivity contribution is 6.02. The Bertz CT molecular complexity index is 1170. The molecule has 1 N–H and O–H groups in total. The fraction of sp³-hybridized carbons (Fsp3) is 0.385. The highest BCUT2D eigenvalue weighted by atomic mass is 16.5. The first-order valence-electron chi connectivity index (χ1n) is 11.6. The number of carbonyl (C=O) groups excluding carboxylic acids is 2. The van der Waals surface area contributed by atoms with Crippen molar-refractivity contribution in [2.24, 2.45) is 0 Å². The molecule has 0 aliphatic carbocycles. The Morgan fingerprint density at radius 3 is 2.44 bits per heavy atom. The first kappa shape index (κ1) is 25.0. The van der Waals surface area contributed by atoms with E-state index in [0.717, 1.165) is 37.0 Å². The monoisotopic (exact) mass is 465 g/mol. The van der Waals surface area contributed by atoms with Gasteiger partial charge in [0.25, 0.3) is 11.5 Å². The van der Waals surface area contributed by atoms with Gasteiger partial charge in [0.05, 0.1) is 12.5 Å². The maximum atomic E-state index is 12.8. The highest BCUT2D eigenvalue weighted by Crippen LogP contribution is 2.15. The molecule has 34 heavy (non-hydrogen) atoms. The fourth-order valence-corrected chi connectivity index (χ4v) is 3.61. The molecular formula is C26H31N3O5. The van der Waals surface area contributed by atoms with Crippen LogP contribution in [-0.4, -0.2) is 41.9 Å². The maximum Gasteiger partial charge on any atom is 0.359 e. The second-order valence-electron chi connectivity index (χ2n) is 8.01. The van der Waals surface area contributed by atoms with Gasteiger partial charge in [-0.25, -0.2) is 9.48 Å². The summed E-state index contributed by atoms with van der Waals surface area (Å²) in [7, 11) is 1.61. The zero-order valence-corrected chi connectivity index (χ0v) is 19.7. The molecule has 3 aromatic rings. The molecule has 180 valence electrons. The van der Waals surface area contributed by atoms with Crippen LogP contribution in [0, 0.1) is 0 Å². The van der Waals surface area contributed by atoms with Crippen molar-refractivity contribution in [3.63, 3.8) is 0 Å². The molecule has 1 aromatic heterocycles. The fourth-order valence-electron chi connectivity index (χ4n) is 3.61. The Hall–Kier alpha value is -3.68. The van der Waals surface area contributed by atoms with Crippen LogP contribution in [0.5, 0.6) is 5.75 Å². The van der Waals surface area contributed by atoms with E-state index in [2.05, 4.69) is 17.3 Å². The number of benzene rings is 2. The largest absolute Gasteiger partial charge is 0.497 e. The van der Waals surface area contributed by atoms with Gasteiger partial charge in [0.1, 0.15) is 5.75 Å². The SMILES string of the molecule is CCCCCCn1nc(C(=O)OCC(=O)NCCc2ccc(OC)cc2)c2ccccc2c1=O. The van der Waals surface area contributed by atoms with Gasteiger partial charge >= 0.3 is 5.97 Å². The second kappa shape index (κ2) is 12.5. The van der Waals surface area contributed by atoms with Crippen LogP contribution in [0.2, 0.25) is 0 Å². The molecule has 0 aliphatic heterocycles. The second-order valence-corrected chi connectivity index (χ2v) is 8.01. The number of amides is 1. The number of nitrogens with zero attached hydrogens (tertiary/aromatic N) is 2. The van der Waals surface area contributed by atoms with Crippen molar-refractivity contribution >= 4 is 22.6 Å². The lowest BCUT2D eigenvalue weighted by atomic mass is 10.1. The van der Waals surface area contributed by atoms with Crippen LogP contribution in [0.25, 0.3) is 10.8 Å². The third-order valence-corrected chi connectivity index (χ3v) is 5.51. The molecule has 0 unspecified atom stereocenters. The van der Waals surface area contributed by atoms with Crippen LogP contribution in [0.4, 0.5) is 0 Å². The van der Waals surface area contributed by atoms with E-state index in [4.69, 9.17) is 9.47 Å². The van der Waals surface area contributed by atoms with Gasteiger partial charge < -0.3 is 14.8 Å². The zero-order chi connectivity index (χ0) is 24.3. The average Bonchev–Trinajstić information content (AvgIpc) is 2.87. The Labute approximate surface area is 198 Å². The van der Waals surface area contributed by atoms with Gasteiger partial charge in [-0.3, -0.25) is 9.59 Å². The summed E-state index contributed by atoms with van der Waals surface area (Å²) in [5.74, 6) is -0.365. The van der Waals surface area contributed by atoms with Gasteiger partial charge in [0.2, 0.25) is 0 Å². The molecule has 1 heterocycles. The van der Waals surface area contributed by atoms with E-state index >= 15 is 0 Å². The van der Waals surface area contributed by atoms with Crippen molar-refractivity contribution in [1.82, 2.24) is 15.1 Å². The van der Waals surface area contributed by atoms with Crippen molar-refractivity contribution in [3.05, 3.63) is 70.1 Å². The topological polar surface area (TPSA) is 99.5 Å². The molecule has 0 saturated carbocycles. The number of aryl methyl sites for hydroxylation is 1. The number of nitrogens with one attached hydrogen (secondary N) is 1. The summed E-state index contributed by atoms with van der Waals surface area (Å²) in [4.78, 5) is 37.7. The molecule has 0 radical (unpaired) electrons. The van der Waals surface area contributed by atoms with E-state index in [0.29, 0.717) is 30.3 Å². The summed E-state index contributed by atoms with van der Waals surface area (Å²) in [6, 6.07) is 14.4. The summed E-state index contributed by atoms with van der Waals surface area (Å²) < 4.78 is 11.7. The lowest BCUT2D eigenvalue weighted by Crippen LogP contribution is -2.31. The van der Waals surface area contributed by atoms with E-state index in [1.807, 2.05) is 24.3 Å². The van der Waals surface area contributed by atoms with Gasteiger partial charge in [0, 0.05) is 18.5 Å². The number of methoxy groups -OCH3 is 1. The minimum absolute atomic E-state index is 0.0386. The van der Waals surface area contributed by atoms with Crippen LogP contribution in [0.1, 0.15) is 48.7 Å². The number of hydrogen-bond acceptors (Lipinski definition) is 6. The van der Waals surface area contributed by atoms with Crippen LogP contribution in [0.3, 0.4) is 0 Å². The number of esters is 1. The Balaban J connectivity index is 1.60. The van der Waals surface area contributed by atoms with Crippen LogP contribution < -0.4 is 15.6 Å². The van der Waals surface area contributed by atoms with E-state index in [-0.39, 0.29) is 11.3 Å². The van der Waals surface area contributed by atoms with E-state index < -0.39 is 18.5 Å². The normalized spacial score (nSPS) is 10.8. The Morgan fingerprint density at radius 1 is 1.00 bits per heavy atom. The molecule has 8 nitrogen and oxygen atoms in total. The molecule has 0 bridgehead atoms. The molecule has 2 aromatic carbocycles. The number of fused-ring (bicyclic) bond motifs is 1. The third-order valence-electron chi connectivity index (χ3n) is 5.51. The zero-order valence-electron chi connectivity index (χ0n) is 19.7. The summed E-state index contributed by atoms with van der Waals surface area (Å²) in [6.07, 6.45) is 4.57. The minimum atomic E-state index is -0.733. The molecule has 1 amide bonds. The van der Waals surface area contributed by atoms with Crippen molar-refractivity contribution in [2.75, 3.05) is 20.3 Å². The summed E-state index contributed by atoms with van der Waals surface area (Å²) in [5, 5.41) is 7.85. The molecule has 0 saturated heterocycles. The lowest BCUT2D eigenvalue weighted by Gasteiger charge is -2.11. The Morgan fingerprint density at radius 2 is 1.74 bits per heavy atom. The summed E-state index contributed by atoms with van der Waals surface area (Å²) in [6.45, 7) is 2.53. The average molecular weight is 466 g/mol. The number of unbranched alkanes of at least 4 members (excludes halogenated alkanes) is 3. The molecule has 0 spiro atoms. The molecule has 0 fully saturated rings. The van der Waals surface area contributed by atoms with Gasteiger partial charge in [-0.05, 0) is 36.6 Å². The van der Waals surface area contributed by atoms with Crippen molar-refractivity contribution < 1.29 is 19.1 Å². The number of ether oxygens (including phenoxy) is 2.